The molecule has 1 saturated heterocycles. The number of hydrogen-bond donors (Lipinski definition) is 2. The van der Waals surface area contributed by atoms with Gasteiger partial charge in [-0.15, -0.1) is 0 Å². The Morgan fingerprint density at radius 1 is 1.13 bits per heavy atom. The molecule has 3 aromatic heterocycles. The number of nitrogens with zero attached hydrogens (tertiary/aromatic N) is 5. The van der Waals surface area contributed by atoms with Crippen LogP contribution in [-0.4, -0.2) is 42.6 Å². The summed E-state index contributed by atoms with van der Waals surface area (Å²) in [7, 11) is 2.05. The number of fused-ring (bicyclic) bond motifs is 2. The third kappa shape index (κ3) is 3.26. The van der Waals surface area contributed by atoms with Crippen molar-refractivity contribution >= 4 is 28.0 Å². The molecule has 8 nitrogen and oxygen atoms in total. The second-order valence-corrected chi connectivity index (χ2v) is 8.21. The van der Waals surface area contributed by atoms with E-state index in [2.05, 4.69) is 48.5 Å². The van der Waals surface area contributed by atoms with Crippen molar-refractivity contribution in [3.05, 3.63) is 46.4 Å². The molecule has 0 aliphatic carbocycles. The second-order valence-electron chi connectivity index (χ2n) is 8.21. The van der Waals surface area contributed by atoms with Crippen molar-refractivity contribution in [3.8, 4) is 0 Å². The number of rotatable bonds is 5. The summed E-state index contributed by atoms with van der Waals surface area (Å²) in [6, 6.07) is 6.23. The summed E-state index contributed by atoms with van der Waals surface area (Å²) in [4.78, 5) is 33.5. The van der Waals surface area contributed by atoms with E-state index in [1.807, 2.05) is 13.1 Å². The minimum atomic E-state index is -0.154. The van der Waals surface area contributed by atoms with E-state index in [0.29, 0.717) is 5.92 Å². The van der Waals surface area contributed by atoms with E-state index in [1.165, 1.54) is 5.56 Å². The number of nitrogens with one attached hydrogen (secondary N) is 2. The lowest BCUT2D eigenvalue weighted by molar-refractivity contribution is 0.503. The fourth-order valence-corrected chi connectivity index (χ4v) is 4.55. The molecule has 1 aromatic carbocycles. The van der Waals surface area contributed by atoms with Crippen LogP contribution in [0.2, 0.25) is 0 Å². The Labute approximate surface area is 174 Å². The fourth-order valence-electron chi connectivity index (χ4n) is 4.55. The van der Waals surface area contributed by atoms with E-state index in [-0.39, 0.29) is 5.69 Å². The first-order chi connectivity index (χ1) is 14.6. The Hall–Kier alpha value is -3.16. The molecule has 4 heterocycles. The van der Waals surface area contributed by atoms with Crippen LogP contribution >= 0.6 is 0 Å². The number of anilines is 1. The standard InChI is InChI=1S/C22H27N7O/c1-3-4-5-18-27-19-20(28(18)2)23-13-24-21(19)29-10-8-14(9-11-29)15-6-7-16-17(12-15)26-22(30)25-16/h6-7,12-14H,3-5,8-11H2,1-2H3,(H2,25,26,30). The maximum absolute atomic E-state index is 11.5. The molecular weight excluding hydrogens is 378 g/mol. The van der Waals surface area contributed by atoms with Gasteiger partial charge in [-0.2, -0.15) is 0 Å². The van der Waals surface area contributed by atoms with Crippen LogP contribution in [0.5, 0.6) is 0 Å². The highest BCUT2D eigenvalue weighted by atomic mass is 16.1. The lowest BCUT2D eigenvalue weighted by atomic mass is 9.89. The number of aromatic amines is 2. The molecule has 1 aliphatic heterocycles. The summed E-state index contributed by atoms with van der Waals surface area (Å²) in [6.45, 7) is 4.06. The van der Waals surface area contributed by atoms with Gasteiger partial charge < -0.3 is 19.4 Å². The van der Waals surface area contributed by atoms with E-state index >= 15 is 0 Å². The molecule has 8 heteroatoms. The number of unbranched alkanes of at least 4 members (excludes halogenated alkanes) is 1. The van der Waals surface area contributed by atoms with Gasteiger partial charge in [0, 0.05) is 26.6 Å². The topological polar surface area (TPSA) is 95.5 Å². The third-order valence-corrected chi connectivity index (χ3v) is 6.29. The minimum Gasteiger partial charge on any atom is -0.355 e. The lowest BCUT2D eigenvalue weighted by Gasteiger charge is -2.33. The highest BCUT2D eigenvalue weighted by Crippen LogP contribution is 2.33. The molecule has 156 valence electrons. The number of benzene rings is 1. The van der Waals surface area contributed by atoms with Gasteiger partial charge in [-0.25, -0.2) is 19.7 Å². The van der Waals surface area contributed by atoms with Gasteiger partial charge >= 0.3 is 5.69 Å². The molecule has 0 spiro atoms. The predicted molar refractivity (Wildman–Crippen MR) is 118 cm³/mol. The zero-order valence-electron chi connectivity index (χ0n) is 17.5. The van der Waals surface area contributed by atoms with Gasteiger partial charge in [0.2, 0.25) is 0 Å². The predicted octanol–water partition coefficient (Wildman–Crippen LogP) is 3.26. The maximum atomic E-state index is 11.5. The zero-order valence-corrected chi connectivity index (χ0v) is 17.5. The summed E-state index contributed by atoms with van der Waals surface area (Å²) in [5.41, 5.74) is 4.69. The molecule has 4 aromatic rings. The van der Waals surface area contributed by atoms with Crippen molar-refractivity contribution in [2.45, 2.75) is 44.9 Å². The molecule has 30 heavy (non-hydrogen) atoms. The first-order valence-electron chi connectivity index (χ1n) is 10.8. The van der Waals surface area contributed by atoms with Crippen molar-refractivity contribution in [1.29, 1.82) is 0 Å². The molecular formula is C22H27N7O. The molecule has 0 bridgehead atoms. The van der Waals surface area contributed by atoms with Crippen LogP contribution in [0.15, 0.2) is 29.3 Å². The second kappa shape index (κ2) is 7.59. The molecule has 0 amide bonds. The molecule has 2 N–H and O–H groups in total. The summed E-state index contributed by atoms with van der Waals surface area (Å²) < 4.78 is 2.11. The summed E-state index contributed by atoms with van der Waals surface area (Å²) in [5, 5.41) is 0. The highest BCUT2D eigenvalue weighted by molar-refractivity contribution is 5.84. The van der Waals surface area contributed by atoms with Crippen LogP contribution in [-0.2, 0) is 13.5 Å². The normalized spacial score (nSPS) is 15.5. The van der Waals surface area contributed by atoms with Crippen molar-refractivity contribution in [2.24, 2.45) is 7.05 Å². The first kappa shape index (κ1) is 18.8. The van der Waals surface area contributed by atoms with Crippen molar-refractivity contribution < 1.29 is 0 Å². The molecule has 0 radical (unpaired) electrons. The van der Waals surface area contributed by atoms with Gasteiger partial charge in [-0.3, -0.25) is 0 Å². The number of imidazole rings is 2. The Morgan fingerprint density at radius 2 is 1.93 bits per heavy atom. The molecule has 5 rings (SSSR count). The number of H-pyrrole nitrogens is 2. The van der Waals surface area contributed by atoms with Gasteiger partial charge in [0.15, 0.2) is 17.0 Å². The summed E-state index contributed by atoms with van der Waals surface area (Å²) in [6.07, 6.45) is 6.99. The molecule has 1 fully saturated rings. The van der Waals surface area contributed by atoms with Crippen LogP contribution in [0, 0.1) is 0 Å². The quantitative estimate of drug-likeness (QED) is 0.531. The van der Waals surface area contributed by atoms with Crippen molar-refractivity contribution in [1.82, 2.24) is 29.5 Å². The molecule has 1 aliphatic rings. The minimum absolute atomic E-state index is 0.154. The van der Waals surface area contributed by atoms with Crippen LogP contribution in [0.25, 0.3) is 22.2 Å². The average Bonchev–Trinajstić information content (AvgIpc) is 3.30. The molecule has 0 unspecified atom stereocenters. The summed E-state index contributed by atoms with van der Waals surface area (Å²) in [5.74, 6) is 2.50. The SMILES string of the molecule is CCCCc1nc2c(N3CCC(c4ccc5[nH]c(=O)[nH]c5c4)CC3)ncnc2n1C. The number of piperidine rings is 1. The first-order valence-corrected chi connectivity index (χ1v) is 10.8. The van der Waals surface area contributed by atoms with E-state index < -0.39 is 0 Å². The van der Waals surface area contributed by atoms with E-state index in [9.17, 15) is 4.79 Å². The maximum Gasteiger partial charge on any atom is 0.323 e. The van der Waals surface area contributed by atoms with Crippen molar-refractivity contribution in [3.63, 3.8) is 0 Å². The van der Waals surface area contributed by atoms with Crippen molar-refractivity contribution in [2.75, 3.05) is 18.0 Å². The Kier molecular flexibility index (Phi) is 4.77. The number of aromatic nitrogens is 6. The van der Waals surface area contributed by atoms with E-state index in [4.69, 9.17) is 4.98 Å². The van der Waals surface area contributed by atoms with Gasteiger partial charge in [0.1, 0.15) is 12.2 Å². The Bertz CT molecular complexity index is 1240. The van der Waals surface area contributed by atoms with Gasteiger partial charge in [-0.05, 0) is 42.9 Å². The highest BCUT2D eigenvalue weighted by Gasteiger charge is 2.25. The van der Waals surface area contributed by atoms with Crippen LogP contribution < -0.4 is 10.6 Å². The number of aryl methyl sites for hydroxylation is 2. The fraction of sp³-hybridized carbons (Fsp3) is 0.455. The zero-order chi connectivity index (χ0) is 20.7. The van der Waals surface area contributed by atoms with Gasteiger partial charge in [0.05, 0.1) is 11.0 Å². The van der Waals surface area contributed by atoms with E-state index in [1.54, 1.807) is 6.33 Å². The van der Waals surface area contributed by atoms with Crippen LogP contribution in [0.4, 0.5) is 5.82 Å². The van der Waals surface area contributed by atoms with Gasteiger partial charge in [0.25, 0.3) is 0 Å². The summed E-state index contributed by atoms with van der Waals surface area (Å²) >= 11 is 0. The Balaban J connectivity index is 1.37. The smallest absolute Gasteiger partial charge is 0.323 e. The number of hydrogen-bond acceptors (Lipinski definition) is 5. The molecule has 0 atom stereocenters. The largest absolute Gasteiger partial charge is 0.355 e. The lowest BCUT2D eigenvalue weighted by Crippen LogP contribution is -2.33. The monoisotopic (exact) mass is 405 g/mol. The Morgan fingerprint density at radius 3 is 2.73 bits per heavy atom. The third-order valence-electron chi connectivity index (χ3n) is 6.29. The van der Waals surface area contributed by atoms with Crippen LogP contribution in [0.1, 0.15) is 49.9 Å². The molecule has 0 saturated carbocycles. The average molecular weight is 406 g/mol. The van der Waals surface area contributed by atoms with E-state index in [0.717, 1.165) is 79.0 Å². The van der Waals surface area contributed by atoms with Crippen LogP contribution in [0.3, 0.4) is 0 Å². The van der Waals surface area contributed by atoms with Gasteiger partial charge in [-0.1, -0.05) is 19.4 Å².